The van der Waals surface area contributed by atoms with E-state index in [9.17, 15) is 4.79 Å². The lowest BCUT2D eigenvalue weighted by Crippen LogP contribution is -2.34. The van der Waals surface area contributed by atoms with Crippen molar-refractivity contribution in [1.29, 1.82) is 0 Å². The van der Waals surface area contributed by atoms with E-state index in [1.165, 1.54) is 5.56 Å². The fourth-order valence-electron chi connectivity index (χ4n) is 2.51. The molecule has 120 valence electrons. The molecule has 0 fully saturated rings. The average molecular weight is 311 g/mol. The zero-order valence-corrected chi connectivity index (χ0v) is 13.7. The maximum atomic E-state index is 12.7. The molecule has 0 bridgehead atoms. The minimum absolute atomic E-state index is 0.0574. The van der Waals surface area contributed by atoms with Crippen molar-refractivity contribution in [2.75, 3.05) is 18.5 Å². The highest BCUT2D eigenvalue weighted by Crippen LogP contribution is 2.33. The number of amides is 1. The summed E-state index contributed by atoms with van der Waals surface area (Å²) in [6.07, 6.45) is 0. The number of carbonyl (C=O) groups excluding carboxylic acids is 1. The summed E-state index contributed by atoms with van der Waals surface area (Å²) in [6.45, 7) is 6.96. The molecule has 23 heavy (non-hydrogen) atoms. The summed E-state index contributed by atoms with van der Waals surface area (Å²) in [5, 5.41) is 2.97. The van der Waals surface area contributed by atoms with Gasteiger partial charge in [-0.05, 0) is 38.5 Å². The molecule has 0 atom stereocenters. The Labute approximate surface area is 136 Å². The van der Waals surface area contributed by atoms with E-state index in [0.29, 0.717) is 30.4 Å². The van der Waals surface area contributed by atoms with Crippen LogP contribution in [0.5, 0.6) is 11.5 Å². The van der Waals surface area contributed by atoms with E-state index in [2.05, 4.69) is 5.32 Å². The molecule has 1 N–H and O–H groups in total. The summed E-state index contributed by atoms with van der Waals surface area (Å²) in [4.78, 5) is 12.7. The van der Waals surface area contributed by atoms with Gasteiger partial charge < -0.3 is 14.8 Å². The third kappa shape index (κ3) is 3.16. The van der Waals surface area contributed by atoms with Crippen LogP contribution in [0.2, 0.25) is 0 Å². The number of hydrogen-bond donors (Lipinski definition) is 1. The first-order valence-electron chi connectivity index (χ1n) is 7.75. The summed E-state index contributed by atoms with van der Waals surface area (Å²) in [5.74, 6) is 1.33. The molecule has 2 aromatic carbocycles. The number of fused-ring (bicyclic) bond motifs is 1. The van der Waals surface area contributed by atoms with Crippen LogP contribution in [-0.2, 0) is 10.2 Å². The predicted molar refractivity (Wildman–Crippen MR) is 90.3 cm³/mol. The minimum atomic E-state index is -0.624. The maximum Gasteiger partial charge on any atom is 0.234 e. The van der Waals surface area contributed by atoms with Gasteiger partial charge in [0.2, 0.25) is 5.91 Å². The van der Waals surface area contributed by atoms with Crippen molar-refractivity contribution in [3.05, 3.63) is 53.6 Å². The van der Waals surface area contributed by atoms with E-state index in [0.717, 1.165) is 5.56 Å². The van der Waals surface area contributed by atoms with E-state index in [1.807, 2.05) is 57.2 Å². The fourth-order valence-corrected chi connectivity index (χ4v) is 2.51. The van der Waals surface area contributed by atoms with Crippen molar-refractivity contribution in [3.8, 4) is 11.5 Å². The second kappa shape index (κ2) is 5.95. The first kappa shape index (κ1) is 15.4. The van der Waals surface area contributed by atoms with Gasteiger partial charge in [-0.25, -0.2) is 0 Å². The average Bonchev–Trinajstić information content (AvgIpc) is 2.55. The van der Waals surface area contributed by atoms with E-state index >= 15 is 0 Å². The number of nitrogens with one attached hydrogen (secondary N) is 1. The van der Waals surface area contributed by atoms with Gasteiger partial charge in [0.25, 0.3) is 0 Å². The van der Waals surface area contributed by atoms with Crippen LogP contribution < -0.4 is 14.8 Å². The second-order valence-corrected chi connectivity index (χ2v) is 6.30. The smallest absolute Gasteiger partial charge is 0.234 e. The van der Waals surface area contributed by atoms with Crippen LogP contribution in [0.3, 0.4) is 0 Å². The van der Waals surface area contributed by atoms with E-state index in [-0.39, 0.29) is 5.91 Å². The number of ether oxygens (including phenoxy) is 2. The lowest BCUT2D eigenvalue weighted by molar-refractivity contribution is -0.120. The Morgan fingerprint density at radius 1 is 1.00 bits per heavy atom. The Kier molecular flexibility index (Phi) is 3.99. The molecule has 0 spiro atoms. The molecule has 0 unspecified atom stereocenters. The van der Waals surface area contributed by atoms with Crippen molar-refractivity contribution >= 4 is 11.6 Å². The minimum Gasteiger partial charge on any atom is -0.486 e. The largest absolute Gasteiger partial charge is 0.486 e. The van der Waals surface area contributed by atoms with Crippen molar-refractivity contribution in [1.82, 2.24) is 0 Å². The normalized spacial score (nSPS) is 13.5. The molecule has 0 saturated carbocycles. The van der Waals surface area contributed by atoms with Crippen LogP contribution in [0.4, 0.5) is 5.69 Å². The number of carbonyl (C=O) groups is 1. The Morgan fingerprint density at radius 2 is 1.65 bits per heavy atom. The second-order valence-electron chi connectivity index (χ2n) is 6.30. The Bertz CT molecular complexity index is 720. The fraction of sp³-hybridized carbons (Fsp3) is 0.316. The number of aryl methyl sites for hydroxylation is 1. The third-order valence-corrected chi connectivity index (χ3v) is 4.14. The highest BCUT2D eigenvalue weighted by molar-refractivity contribution is 5.98. The first-order valence-corrected chi connectivity index (χ1v) is 7.75. The molecule has 1 amide bonds. The highest BCUT2D eigenvalue weighted by Gasteiger charge is 2.30. The molecule has 0 saturated heterocycles. The van der Waals surface area contributed by atoms with Gasteiger partial charge in [0.1, 0.15) is 13.2 Å². The molecular weight excluding hydrogens is 290 g/mol. The summed E-state index contributed by atoms with van der Waals surface area (Å²) in [5.41, 5.74) is 2.25. The van der Waals surface area contributed by atoms with Gasteiger partial charge in [-0.1, -0.05) is 29.8 Å². The van der Waals surface area contributed by atoms with Crippen molar-refractivity contribution in [2.45, 2.75) is 26.2 Å². The zero-order valence-electron chi connectivity index (χ0n) is 13.7. The van der Waals surface area contributed by atoms with E-state index < -0.39 is 5.41 Å². The molecule has 1 aliphatic rings. The van der Waals surface area contributed by atoms with Crippen molar-refractivity contribution in [2.24, 2.45) is 0 Å². The zero-order chi connectivity index (χ0) is 16.4. The Morgan fingerprint density at radius 3 is 2.35 bits per heavy atom. The molecular formula is C19H21NO3. The lowest BCUT2D eigenvalue weighted by Gasteiger charge is -2.25. The van der Waals surface area contributed by atoms with Gasteiger partial charge in [0.15, 0.2) is 11.5 Å². The molecule has 0 aromatic heterocycles. The van der Waals surface area contributed by atoms with Crippen LogP contribution in [0.1, 0.15) is 25.0 Å². The molecule has 1 aliphatic heterocycles. The van der Waals surface area contributed by atoms with Crippen LogP contribution in [0, 0.1) is 6.92 Å². The molecule has 4 heteroatoms. The number of anilines is 1. The van der Waals surface area contributed by atoms with Gasteiger partial charge in [0, 0.05) is 11.8 Å². The molecule has 0 radical (unpaired) electrons. The summed E-state index contributed by atoms with van der Waals surface area (Å²) >= 11 is 0. The Balaban J connectivity index is 1.79. The molecule has 1 heterocycles. The number of benzene rings is 2. The van der Waals surface area contributed by atoms with Crippen LogP contribution in [0.15, 0.2) is 42.5 Å². The quantitative estimate of drug-likeness (QED) is 0.940. The van der Waals surface area contributed by atoms with Gasteiger partial charge in [-0.15, -0.1) is 0 Å². The topological polar surface area (TPSA) is 47.6 Å². The van der Waals surface area contributed by atoms with Gasteiger partial charge in [0.05, 0.1) is 5.41 Å². The number of hydrogen-bond acceptors (Lipinski definition) is 3. The number of rotatable bonds is 3. The van der Waals surface area contributed by atoms with Crippen LogP contribution >= 0.6 is 0 Å². The molecule has 3 rings (SSSR count). The summed E-state index contributed by atoms with van der Waals surface area (Å²) in [7, 11) is 0. The summed E-state index contributed by atoms with van der Waals surface area (Å²) in [6, 6.07) is 13.5. The van der Waals surface area contributed by atoms with Gasteiger partial charge in [-0.2, -0.15) is 0 Å². The van der Waals surface area contributed by atoms with Crippen LogP contribution in [0.25, 0.3) is 0 Å². The Hall–Kier alpha value is -2.49. The van der Waals surface area contributed by atoms with E-state index in [4.69, 9.17) is 9.47 Å². The lowest BCUT2D eigenvalue weighted by atomic mass is 9.83. The molecule has 0 aliphatic carbocycles. The van der Waals surface area contributed by atoms with E-state index in [1.54, 1.807) is 6.07 Å². The van der Waals surface area contributed by atoms with Crippen molar-refractivity contribution < 1.29 is 14.3 Å². The predicted octanol–water partition coefficient (Wildman–Crippen LogP) is 3.68. The maximum absolute atomic E-state index is 12.7. The first-order chi connectivity index (χ1) is 11.0. The van der Waals surface area contributed by atoms with Gasteiger partial charge >= 0.3 is 0 Å². The SMILES string of the molecule is Cc1ccc(C(C)(C)C(=O)Nc2ccc3c(c2)OCCO3)cc1. The standard InChI is InChI=1S/C19H21NO3/c1-13-4-6-14(7-5-13)19(2,3)18(21)20-15-8-9-16-17(12-15)23-11-10-22-16/h4-9,12H,10-11H2,1-3H3,(H,20,21). The summed E-state index contributed by atoms with van der Waals surface area (Å²) < 4.78 is 11.0. The van der Waals surface area contributed by atoms with Crippen LogP contribution in [-0.4, -0.2) is 19.1 Å². The molecule has 2 aromatic rings. The third-order valence-electron chi connectivity index (χ3n) is 4.14. The highest BCUT2D eigenvalue weighted by atomic mass is 16.6. The monoisotopic (exact) mass is 311 g/mol. The molecule has 4 nitrogen and oxygen atoms in total. The van der Waals surface area contributed by atoms with Crippen molar-refractivity contribution in [3.63, 3.8) is 0 Å². The van der Waals surface area contributed by atoms with Gasteiger partial charge in [-0.3, -0.25) is 4.79 Å².